The van der Waals surface area contributed by atoms with E-state index >= 15 is 0 Å². The molecule has 1 amide bonds. The Morgan fingerprint density at radius 1 is 1.39 bits per heavy atom. The maximum atomic E-state index is 11.0. The van der Waals surface area contributed by atoms with Gasteiger partial charge in [0.1, 0.15) is 0 Å². The molecule has 2 aromatic rings. The molecule has 2 aromatic heterocycles. The topological polar surface area (TPSA) is 45.2 Å². The number of aryl methyl sites for hydroxylation is 1. The first-order valence-electron chi connectivity index (χ1n) is 8.10. The molecule has 1 fully saturated rings. The molecule has 0 spiro atoms. The summed E-state index contributed by atoms with van der Waals surface area (Å²) in [6, 6.07) is 9.02. The summed E-state index contributed by atoms with van der Waals surface area (Å²) in [5.41, 5.74) is 2.18. The molecule has 3 heterocycles. The van der Waals surface area contributed by atoms with Gasteiger partial charge >= 0.3 is 0 Å². The second-order valence-electron chi connectivity index (χ2n) is 6.14. The Bertz CT molecular complexity index is 665. The van der Waals surface area contributed by atoms with Crippen LogP contribution in [0.25, 0.3) is 0 Å². The predicted octanol–water partition coefficient (Wildman–Crippen LogP) is 3.42. The lowest BCUT2D eigenvalue weighted by atomic mass is 10.1. The first-order valence-corrected chi connectivity index (χ1v) is 8.92. The molecular formula is C18H23N3OS. The quantitative estimate of drug-likeness (QED) is 0.914. The van der Waals surface area contributed by atoms with Crippen molar-refractivity contribution in [2.75, 3.05) is 6.54 Å². The fourth-order valence-electron chi connectivity index (χ4n) is 3.08. The van der Waals surface area contributed by atoms with Gasteiger partial charge in [0.2, 0.25) is 5.91 Å². The molecule has 1 aliphatic heterocycles. The number of hydrogen-bond donors (Lipinski definition) is 1. The van der Waals surface area contributed by atoms with Crippen molar-refractivity contribution in [3.8, 4) is 0 Å². The van der Waals surface area contributed by atoms with Gasteiger partial charge in [-0.2, -0.15) is 0 Å². The van der Waals surface area contributed by atoms with Crippen LogP contribution in [-0.4, -0.2) is 22.3 Å². The number of pyridine rings is 1. The largest absolute Gasteiger partial charge is 0.352 e. The molecular weight excluding hydrogens is 306 g/mol. The minimum absolute atomic E-state index is 0.0118. The molecule has 1 aliphatic rings. The van der Waals surface area contributed by atoms with Crippen molar-refractivity contribution in [2.24, 2.45) is 0 Å². The maximum Gasteiger partial charge on any atom is 0.217 e. The van der Waals surface area contributed by atoms with E-state index in [0.29, 0.717) is 12.6 Å². The normalized spacial score (nSPS) is 18.3. The van der Waals surface area contributed by atoms with E-state index in [1.54, 1.807) is 0 Å². The van der Waals surface area contributed by atoms with Crippen LogP contribution >= 0.6 is 11.3 Å². The third kappa shape index (κ3) is 4.18. The van der Waals surface area contributed by atoms with Crippen molar-refractivity contribution in [3.05, 3.63) is 51.5 Å². The van der Waals surface area contributed by atoms with Crippen LogP contribution in [-0.2, 0) is 17.9 Å². The molecule has 0 aromatic carbocycles. The van der Waals surface area contributed by atoms with Gasteiger partial charge in [0.05, 0.1) is 11.7 Å². The van der Waals surface area contributed by atoms with Crippen LogP contribution in [0.1, 0.15) is 46.8 Å². The van der Waals surface area contributed by atoms with Gasteiger partial charge in [0.15, 0.2) is 0 Å². The van der Waals surface area contributed by atoms with Crippen LogP contribution in [0.15, 0.2) is 30.5 Å². The summed E-state index contributed by atoms with van der Waals surface area (Å²) in [5.74, 6) is -0.0118. The van der Waals surface area contributed by atoms with Crippen molar-refractivity contribution in [1.82, 2.24) is 15.2 Å². The fourth-order valence-corrected chi connectivity index (χ4v) is 4.00. The number of carbonyl (C=O) groups excluding carboxylic acids is 1. The highest BCUT2D eigenvalue weighted by Gasteiger charge is 2.27. The van der Waals surface area contributed by atoms with Crippen molar-refractivity contribution in [3.63, 3.8) is 0 Å². The van der Waals surface area contributed by atoms with Gasteiger partial charge < -0.3 is 5.32 Å². The third-order valence-corrected chi connectivity index (χ3v) is 5.23. The molecule has 0 aliphatic carbocycles. The van der Waals surface area contributed by atoms with Gasteiger partial charge in [0, 0.05) is 36.0 Å². The highest BCUT2D eigenvalue weighted by Crippen LogP contribution is 2.33. The van der Waals surface area contributed by atoms with E-state index in [0.717, 1.165) is 24.3 Å². The van der Waals surface area contributed by atoms with Crippen LogP contribution in [0, 0.1) is 6.92 Å². The zero-order chi connectivity index (χ0) is 16.2. The molecule has 122 valence electrons. The lowest BCUT2D eigenvalue weighted by Crippen LogP contribution is -2.23. The van der Waals surface area contributed by atoms with E-state index < -0.39 is 0 Å². The number of amides is 1. The molecule has 1 N–H and O–H groups in total. The number of nitrogens with zero attached hydrogens (tertiary/aromatic N) is 2. The van der Waals surface area contributed by atoms with E-state index in [2.05, 4.69) is 46.4 Å². The molecule has 5 heteroatoms. The Labute approximate surface area is 141 Å². The van der Waals surface area contributed by atoms with Crippen LogP contribution < -0.4 is 5.32 Å². The van der Waals surface area contributed by atoms with Crippen molar-refractivity contribution in [1.29, 1.82) is 0 Å². The molecule has 4 nitrogen and oxygen atoms in total. The van der Waals surface area contributed by atoms with Crippen molar-refractivity contribution < 1.29 is 4.79 Å². The first-order chi connectivity index (χ1) is 11.1. The minimum atomic E-state index is -0.0118. The molecule has 23 heavy (non-hydrogen) atoms. The number of rotatable bonds is 5. The van der Waals surface area contributed by atoms with E-state index in [4.69, 9.17) is 0 Å². The summed E-state index contributed by atoms with van der Waals surface area (Å²) in [6.45, 7) is 6.39. The summed E-state index contributed by atoms with van der Waals surface area (Å²) in [7, 11) is 0. The number of nitrogens with one attached hydrogen (secondary N) is 1. The molecule has 0 bridgehead atoms. The highest BCUT2D eigenvalue weighted by atomic mass is 32.1. The first kappa shape index (κ1) is 16.1. The van der Waals surface area contributed by atoms with E-state index in [-0.39, 0.29) is 5.91 Å². The average molecular weight is 329 g/mol. The van der Waals surface area contributed by atoms with Gasteiger partial charge in [-0.15, -0.1) is 11.3 Å². The molecule has 3 rings (SSSR count). The third-order valence-electron chi connectivity index (χ3n) is 4.25. The second-order valence-corrected chi connectivity index (χ2v) is 7.51. The number of aromatic nitrogens is 1. The Balaban J connectivity index is 1.66. The molecule has 0 radical (unpaired) electrons. The van der Waals surface area contributed by atoms with Crippen LogP contribution in [0.5, 0.6) is 0 Å². The van der Waals surface area contributed by atoms with Gasteiger partial charge in [0.25, 0.3) is 0 Å². The molecule has 0 saturated carbocycles. The monoisotopic (exact) mass is 329 g/mol. The lowest BCUT2D eigenvalue weighted by Gasteiger charge is -2.23. The smallest absolute Gasteiger partial charge is 0.217 e. The number of carbonyl (C=O) groups is 1. The summed E-state index contributed by atoms with van der Waals surface area (Å²) in [6.07, 6.45) is 4.28. The Morgan fingerprint density at radius 3 is 2.91 bits per heavy atom. The van der Waals surface area contributed by atoms with Crippen LogP contribution in [0.3, 0.4) is 0 Å². The molecule has 1 saturated heterocycles. The van der Waals surface area contributed by atoms with Crippen molar-refractivity contribution >= 4 is 17.2 Å². The summed E-state index contributed by atoms with van der Waals surface area (Å²) in [5, 5.41) is 2.81. The Morgan fingerprint density at radius 2 is 2.26 bits per heavy atom. The summed E-state index contributed by atoms with van der Waals surface area (Å²) < 4.78 is 0. The zero-order valence-electron chi connectivity index (χ0n) is 13.7. The van der Waals surface area contributed by atoms with Crippen LogP contribution in [0.2, 0.25) is 0 Å². The Hall–Kier alpha value is -1.72. The molecule has 1 atom stereocenters. The van der Waals surface area contributed by atoms with Gasteiger partial charge in [-0.3, -0.25) is 14.7 Å². The van der Waals surface area contributed by atoms with Crippen LogP contribution in [0.4, 0.5) is 0 Å². The predicted molar refractivity (Wildman–Crippen MR) is 93.2 cm³/mol. The second kappa shape index (κ2) is 7.23. The van der Waals surface area contributed by atoms with Crippen molar-refractivity contribution in [2.45, 2.75) is 45.8 Å². The van der Waals surface area contributed by atoms with Gasteiger partial charge in [-0.25, -0.2) is 0 Å². The lowest BCUT2D eigenvalue weighted by molar-refractivity contribution is -0.119. The number of likely N-dealkylation sites (tertiary alicyclic amines) is 1. The van der Waals surface area contributed by atoms with Gasteiger partial charge in [-0.05, 0) is 50.1 Å². The zero-order valence-corrected chi connectivity index (χ0v) is 14.5. The molecule has 0 unspecified atom stereocenters. The number of hydrogen-bond acceptors (Lipinski definition) is 4. The SMILES string of the molecule is CC(=O)NCc1ccc([C@H]2CCCN2Cc2ccc(C)s2)nc1. The minimum Gasteiger partial charge on any atom is -0.352 e. The number of thiophene rings is 1. The summed E-state index contributed by atoms with van der Waals surface area (Å²) in [4.78, 5) is 20.9. The van der Waals surface area contributed by atoms with E-state index in [9.17, 15) is 4.79 Å². The summed E-state index contributed by atoms with van der Waals surface area (Å²) >= 11 is 1.88. The maximum absolute atomic E-state index is 11.0. The highest BCUT2D eigenvalue weighted by molar-refractivity contribution is 7.11. The Kier molecular flexibility index (Phi) is 5.08. The fraction of sp³-hybridized carbons (Fsp3) is 0.444. The van der Waals surface area contributed by atoms with E-state index in [1.807, 2.05) is 17.5 Å². The van der Waals surface area contributed by atoms with E-state index in [1.165, 1.54) is 29.5 Å². The van der Waals surface area contributed by atoms with Gasteiger partial charge in [-0.1, -0.05) is 6.07 Å². The average Bonchev–Trinajstić information content (AvgIpc) is 3.15. The standard InChI is InChI=1S/C18H23N3OS/c1-13-5-7-16(23-13)12-21-9-3-4-18(21)17-8-6-15(11-20-17)10-19-14(2)22/h5-8,11,18H,3-4,9-10,12H2,1-2H3,(H,19,22)/t18-/m1/s1.